The Morgan fingerprint density at radius 3 is 2.83 bits per heavy atom. The molecule has 1 aromatic carbocycles. The van der Waals surface area contributed by atoms with Crippen molar-refractivity contribution < 1.29 is 18.7 Å². The van der Waals surface area contributed by atoms with Gasteiger partial charge in [-0.3, -0.25) is 4.79 Å². The smallest absolute Gasteiger partial charge is 0.223 e. The first kappa shape index (κ1) is 13.0. The zero-order valence-corrected chi connectivity index (χ0v) is 10.1. The van der Waals surface area contributed by atoms with Gasteiger partial charge < -0.3 is 10.0 Å². The molecule has 0 spiro atoms. The summed E-state index contributed by atoms with van der Waals surface area (Å²) in [6.45, 7) is 1.97. The first-order chi connectivity index (χ1) is 8.52. The van der Waals surface area contributed by atoms with Gasteiger partial charge in [0.15, 0.2) is 0 Å². The number of halogens is 2. The second kappa shape index (κ2) is 5.02. The van der Waals surface area contributed by atoms with Gasteiger partial charge in [-0.1, -0.05) is 0 Å². The van der Waals surface area contributed by atoms with Crippen molar-refractivity contribution in [1.29, 1.82) is 0 Å². The van der Waals surface area contributed by atoms with Gasteiger partial charge in [-0.05, 0) is 25.1 Å². The van der Waals surface area contributed by atoms with Crippen LogP contribution >= 0.6 is 0 Å². The average molecular weight is 255 g/mol. The Kier molecular flexibility index (Phi) is 3.61. The van der Waals surface area contributed by atoms with Gasteiger partial charge in [0.25, 0.3) is 0 Å². The molecule has 3 nitrogen and oxygen atoms in total. The van der Waals surface area contributed by atoms with Crippen molar-refractivity contribution in [2.45, 2.75) is 19.4 Å². The largest absolute Gasteiger partial charge is 0.396 e. The van der Waals surface area contributed by atoms with Crippen molar-refractivity contribution in [2.75, 3.05) is 13.2 Å². The number of hydrogen-bond donors (Lipinski definition) is 1. The lowest BCUT2D eigenvalue weighted by molar-refractivity contribution is -0.129. The number of aliphatic hydroxyl groups excluding tert-OH is 1. The van der Waals surface area contributed by atoms with Crippen LogP contribution in [-0.2, 0) is 4.79 Å². The monoisotopic (exact) mass is 255 g/mol. The Labute approximate surface area is 104 Å². The van der Waals surface area contributed by atoms with E-state index in [2.05, 4.69) is 0 Å². The zero-order valence-electron chi connectivity index (χ0n) is 10.1. The van der Waals surface area contributed by atoms with Gasteiger partial charge in [-0.2, -0.15) is 0 Å². The van der Waals surface area contributed by atoms with E-state index in [4.69, 9.17) is 5.11 Å². The van der Waals surface area contributed by atoms with Crippen molar-refractivity contribution in [3.8, 4) is 0 Å². The molecule has 1 fully saturated rings. The van der Waals surface area contributed by atoms with E-state index in [1.807, 2.05) is 0 Å². The fourth-order valence-electron chi connectivity index (χ4n) is 2.31. The number of amides is 1. The molecular formula is C13H15F2NO2. The summed E-state index contributed by atoms with van der Waals surface area (Å²) in [5.41, 5.74) is 0.168. The summed E-state index contributed by atoms with van der Waals surface area (Å²) in [5, 5.41) is 9.04. The summed E-state index contributed by atoms with van der Waals surface area (Å²) in [7, 11) is 0. The molecule has 1 amide bonds. The lowest BCUT2D eigenvalue weighted by Crippen LogP contribution is -2.29. The minimum absolute atomic E-state index is 0.0689. The number of nitrogens with zero attached hydrogens (tertiary/aromatic N) is 1. The van der Waals surface area contributed by atoms with E-state index in [0.717, 1.165) is 18.2 Å². The highest BCUT2D eigenvalue weighted by atomic mass is 19.1. The molecule has 0 radical (unpaired) electrons. The Morgan fingerprint density at radius 2 is 2.22 bits per heavy atom. The van der Waals surface area contributed by atoms with E-state index in [1.165, 1.54) is 4.90 Å². The molecule has 1 aliphatic heterocycles. The van der Waals surface area contributed by atoms with Gasteiger partial charge in [0.2, 0.25) is 5.91 Å². The van der Waals surface area contributed by atoms with E-state index in [0.29, 0.717) is 6.54 Å². The highest BCUT2D eigenvalue weighted by molar-refractivity contribution is 5.79. The maximum Gasteiger partial charge on any atom is 0.223 e. The predicted molar refractivity (Wildman–Crippen MR) is 61.7 cm³/mol. The van der Waals surface area contributed by atoms with Crippen LogP contribution in [0.15, 0.2) is 18.2 Å². The van der Waals surface area contributed by atoms with Crippen molar-refractivity contribution in [2.24, 2.45) is 5.92 Å². The average Bonchev–Trinajstić information content (AvgIpc) is 2.73. The van der Waals surface area contributed by atoms with Crippen LogP contribution in [0.2, 0.25) is 0 Å². The molecular weight excluding hydrogens is 240 g/mol. The molecule has 2 rings (SSSR count). The summed E-state index contributed by atoms with van der Waals surface area (Å²) in [4.78, 5) is 13.2. The number of rotatable bonds is 3. The number of likely N-dealkylation sites (tertiary alicyclic amines) is 1. The van der Waals surface area contributed by atoms with Crippen molar-refractivity contribution >= 4 is 5.91 Å². The molecule has 5 heteroatoms. The molecule has 0 aromatic heterocycles. The standard InChI is InChI=1S/C13H15F2NO2/c1-8(11-5-10(14)2-3-12(11)15)16-6-9(7-17)4-13(16)18/h2-3,5,8-9,17H,4,6-7H2,1H3. The number of hydrogen-bond acceptors (Lipinski definition) is 2. The van der Waals surface area contributed by atoms with E-state index in [-0.39, 0.29) is 30.4 Å². The van der Waals surface area contributed by atoms with Gasteiger partial charge in [0, 0.05) is 31.1 Å². The third kappa shape index (κ3) is 2.36. The van der Waals surface area contributed by atoms with Crippen molar-refractivity contribution in [3.63, 3.8) is 0 Å². The molecule has 1 saturated heterocycles. The lowest BCUT2D eigenvalue weighted by Gasteiger charge is -2.25. The summed E-state index contributed by atoms with van der Waals surface area (Å²) in [6, 6.07) is 2.70. The first-order valence-electron chi connectivity index (χ1n) is 5.88. The van der Waals surface area contributed by atoms with E-state index in [9.17, 15) is 13.6 Å². The van der Waals surface area contributed by atoms with E-state index in [1.54, 1.807) is 6.92 Å². The van der Waals surface area contributed by atoms with Crippen molar-refractivity contribution in [1.82, 2.24) is 4.90 Å². The Morgan fingerprint density at radius 1 is 1.50 bits per heavy atom. The Hall–Kier alpha value is -1.49. The third-order valence-corrected chi connectivity index (χ3v) is 3.37. The van der Waals surface area contributed by atoms with Gasteiger partial charge in [-0.15, -0.1) is 0 Å². The Balaban J connectivity index is 2.23. The van der Waals surface area contributed by atoms with Crippen LogP contribution in [-0.4, -0.2) is 29.1 Å². The molecule has 1 aromatic rings. The van der Waals surface area contributed by atoms with E-state index < -0.39 is 17.7 Å². The van der Waals surface area contributed by atoms with Gasteiger partial charge in [0.05, 0.1) is 6.04 Å². The maximum absolute atomic E-state index is 13.6. The third-order valence-electron chi connectivity index (χ3n) is 3.37. The topological polar surface area (TPSA) is 40.5 Å². The van der Waals surface area contributed by atoms with Crippen LogP contribution in [0, 0.1) is 17.6 Å². The van der Waals surface area contributed by atoms with Gasteiger partial charge >= 0.3 is 0 Å². The molecule has 18 heavy (non-hydrogen) atoms. The van der Waals surface area contributed by atoms with Crippen LogP contribution < -0.4 is 0 Å². The molecule has 0 saturated carbocycles. The summed E-state index contributed by atoms with van der Waals surface area (Å²) in [6.07, 6.45) is 0.262. The first-order valence-corrected chi connectivity index (χ1v) is 5.88. The number of aliphatic hydroxyl groups is 1. The predicted octanol–water partition coefficient (Wildman–Crippen LogP) is 1.87. The molecule has 1 heterocycles. The Bertz CT molecular complexity index is 464. The van der Waals surface area contributed by atoms with Crippen molar-refractivity contribution in [3.05, 3.63) is 35.4 Å². The SMILES string of the molecule is CC(c1cc(F)ccc1F)N1CC(CO)CC1=O. The van der Waals surface area contributed by atoms with Crippen LogP contribution in [0.25, 0.3) is 0 Å². The van der Waals surface area contributed by atoms with Crippen LogP contribution in [0.5, 0.6) is 0 Å². The quantitative estimate of drug-likeness (QED) is 0.895. The molecule has 1 aliphatic rings. The van der Waals surface area contributed by atoms with Gasteiger partial charge in [-0.25, -0.2) is 8.78 Å². The highest BCUT2D eigenvalue weighted by Crippen LogP contribution is 2.29. The number of benzene rings is 1. The molecule has 2 atom stereocenters. The summed E-state index contributed by atoms with van der Waals surface area (Å²) < 4.78 is 26.7. The molecule has 0 bridgehead atoms. The minimum atomic E-state index is -0.524. The second-order valence-corrected chi connectivity index (χ2v) is 4.64. The summed E-state index contributed by atoms with van der Waals surface area (Å²) in [5.74, 6) is -1.30. The molecule has 0 aliphatic carbocycles. The maximum atomic E-state index is 13.6. The second-order valence-electron chi connectivity index (χ2n) is 4.64. The molecule has 98 valence electrons. The lowest BCUT2D eigenvalue weighted by atomic mass is 10.1. The molecule has 1 N–H and O–H groups in total. The minimum Gasteiger partial charge on any atom is -0.396 e. The van der Waals surface area contributed by atoms with Crippen LogP contribution in [0.1, 0.15) is 24.9 Å². The van der Waals surface area contributed by atoms with E-state index >= 15 is 0 Å². The highest BCUT2D eigenvalue weighted by Gasteiger charge is 2.33. The van der Waals surface area contributed by atoms with Crippen LogP contribution in [0.3, 0.4) is 0 Å². The van der Waals surface area contributed by atoms with Gasteiger partial charge in [0.1, 0.15) is 11.6 Å². The molecule has 2 unspecified atom stereocenters. The zero-order chi connectivity index (χ0) is 13.3. The number of carbonyl (C=O) groups excluding carboxylic acids is 1. The summed E-state index contributed by atoms with van der Waals surface area (Å²) >= 11 is 0. The fraction of sp³-hybridized carbons (Fsp3) is 0.462. The normalized spacial score (nSPS) is 21.4. The number of carbonyl (C=O) groups is 1. The van der Waals surface area contributed by atoms with Crippen LogP contribution in [0.4, 0.5) is 8.78 Å². The fourth-order valence-corrected chi connectivity index (χ4v) is 2.31.